The Balaban J connectivity index is 1.66. The Kier molecular flexibility index (Phi) is 5.57. The van der Waals surface area contributed by atoms with Gasteiger partial charge in [0, 0.05) is 11.9 Å². The molecule has 3 aromatic rings. The quantitative estimate of drug-likeness (QED) is 0.288. The Morgan fingerprint density at radius 2 is 2.19 bits per heavy atom. The molecule has 3 aromatic heterocycles. The zero-order valence-corrected chi connectivity index (χ0v) is 16.1. The first-order chi connectivity index (χ1) is 13.3. The summed E-state index contributed by atoms with van der Waals surface area (Å²) in [6.07, 6.45) is 9.17. The topological polar surface area (TPSA) is 93.8 Å². The van der Waals surface area contributed by atoms with Crippen LogP contribution in [0, 0.1) is 0 Å². The van der Waals surface area contributed by atoms with Crippen molar-refractivity contribution < 1.29 is 0 Å². The molecule has 0 unspecified atom stereocenters. The summed E-state index contributed by atoms with van der Waals surface area (Å²) in [5, 5.41) is 13.7. The van der Waals surface area contributed by atoms with Crippen molar-refractivity contribution in [2.75, 3.05) is 11.2 Å². The molecule has 0 radical (unpaired) electrons. The lowest BCUT2D eigenvalue weighted by Crippen LogP contribution is -2.08. The first kappa shape index (κ1) is 17.8. The van der Waals surface area contributed by atoms with Crippen LogP contribution in [0.15, 0.2) is 34.7 Å². The van der Waals surface area contributed by atoms with Crippen molar-refractivity contribution in [3.8, 4) is 0 Å². The van der Waals surface area contributed by atoms with Gasteiger partial charge in [0.15, 0.2) is 22.1 Å². The molecule has 4 rings (SSSR count). The maximum Gasteiger partial charge on any atom is 0.191 e. The standard InChI is InChI=1S/C18H22N8S/c1-2-11-27-18-21-16(24-20-12-13-7-5-6-10-19-13)15-17(22-18)26(25-23-15)14-8-3-4-9-14/h5-7,10,12,14H,2-4,8-9,11H2,1H3,(H,21,22,24)/b20-12+. The van der Waals surface area contributed by atoms with Crippen LogP contribution in [-0.2, 0) is 0 Å². The molecular weight excluding hydrogens is 360 g/mol. The molecule has 3 heterocycles. The molecule has 27 heavy (non-hydrogen) atoms. The summed E-state index contributed by atoms with van der Waals surface area (Å²) in [5.74, 6) is 1.54. The third kappa shape index (κ3) is 4.08. The summed E-state index contributed by atoms with van der Waals surface area (Å²) in [4.78, 5) is 13.6. The fourth-order valence-corrected chi connectivity index (χ4v) is 3.85. The van der Waals surface area contributed by atoms with Crippen LogP contribution in [0.25, 0.3) is 11.2 Å². The molecule has 0 atom stereocenters. The van der Waals surface area contributed by atoms with E-state index in [9.17, 15) is 0 Å². The van der Waals surface area contributed by atoms with E-state index in [1.807, 2.05) is 22.9 Å². The number of nitrogens with one attached hydrogen (secondary N) is 1. The van der Waals surface area contributed by atoms with E-state index >= 15 is 0 Å². The number of fused-ring (bicyclic) bond motifs is 1. The average molecular weight is 382 g/mol. The molecular formula is C18H22N8S. The molecule has 1 fully saturated rings. The number of anilines is 1. The van der Waals surface area contributed by atoms with Gasteiger partial charge in [-0.25, -0.2) is 14.6 Å². The predicted octanol–water partition coefficient (Wildman–Crippen LogP) is 3.68. The van der Waals surface area contributed by atoms with Crippen LogP contribution in [0.5, 0.6) is 0 Å². The maximum absolute atomic E-state index is 4.73. The van der Waals surface area contributed by atoms with Crippen LogP contribution in [-0.4, -0.2) is 41.9 Å². The molecule has 140 valence electrons. The van der Waals surface area contributed by atoms with Crippen LogP contribution >= 0.6 is 11.8 Å². The van der Waals surface area contributed by atoms with E-state index < -0.39 is 0 Å². The van der Waals surface area contributed by atoms with Crippen LogP contribution in [0.4, 0.5) is 5.82 Å². The van der Waals surface area contributed by atoms with Crippen LogP contribution in [0.2, 0.25) is 0 Å². The van der Waals surface area contributed by atoms with Crippen molar-refractivity contribution >= 4 is 35.0 Å². The van der Waals surface area contributed by atoms with Crippen molar-refractivity contribution in [1.82, 2.24) is 29.9 Å². The first-order valence-electron chi connectivity index (χ1n) is 9.31. The Bertz CT molecular complexity index is 918. The van der Waals surface area contributed by atoms with E-state index in [-0.39, 0.29) is 0 Å². The van der Waals surface area contributed by atoms with Crippen molar-refractivity contribution in [2.45, 2.75) is 50.2 Å². The zero-order valence-electron chi connectivity index (χ0n) is 15.2. The van der Waals surface area contributed by atoms with Gasteiger partial charge in [-0.3, -0.25) is 10.4 Å². The summed E-state index contributed by atoms with van der Waals surface area (Å²) in [6.45, 7) is 2.15. The Labute approximate surface area is 161 Å². The van der Waals surface area contributed by atoms with E-state index in [1.54, 1.807) is 24.2 Å². The van der Waals surface area contributed by atoms with Gasteiger partial charge in [-0.1, -0.05) is 42.8 Å². The second kappa shape index (κ2) is 8.43. The van der Waals surface area contributed by atoms with Gasteiger partial charge in [-0.2, -0.15) is 5.10 Å². The van der Waals surface area contributed by atoms with Crippen LogP contribution < -0.4 is 5.43 Å². The van der Waals surface area contributed by atoms with Gasteiger partial charge < -0.3 is 0 Å². The summed E-state index contributed by atoms with van der Waals surface area (Å²) >= 11 is 1.64. The number of thioether (sulfide) groups is 1. The number of hydrazone groups is 1. The van der Waals surface area contributed by atoms with E-state index in [4.69, 9.17) is 4.98 Å². The Hall–Kier alpha value is -2.55. The molecule has 1 aliphatic carbocycles. The minimum atomic E-state index is 0.374. The number of pyridine rings is 1. The third-order valence-electron chi connectivity index (χ3n) is 4.46. The van der Waals surface area contributed by atoms with E-state index in [1.165, 1.54) is 12.8 Å². The second-order valence-electron chi connectivity index (χ2n) is 6.47. The maximum atomic E-state index is 4.73. The smallest absolute Gasteiger partial charge is 0.191 e. The van der Waals surface area contributed by atoms with E-state index in [0.717, 1.165) is 41.5 Å². The lowest BCUT2D eigenvalue weighted by molar-refractivity contribution is 0.463. The van der Waals surface area contributed by atoms with E-state index in [2.05, 4.69) is 37.7 Å². The van der Waals surface area contributed by atoms with Gasteiger partial charge in [-0.05, 0) is 31.4 Å². The molecule has 9 heteroatoms. The number of hydrogen-bond acceptors (Lipinski definition) is 8. The molecule has 0 amide bonds. The minimum Gasteiger partial charge on any atom is -0.259 e. The lowest BCUT2D eigenvalue weighted by atomic mass is 10.2. The molecule has 1 aliphatic rings. The molecule has 1 N–H and O–H groups in total. The molecule has 0 spiro atoms. The molecule has 8 nitrogen and oxygen atoms in total. The third-order valence-corrected chi connectivity index (χ3v) is 5.52. The number of nitrogens with zero attached hydrogens (tertiary/aromatic N) is 7. The zero-order chi connectivity index (χ0) is 18.5. The van der Waals surface area contributed by atoms with Gasteiger partial charge in [0.2, 0.25) is 0 Å². The first-order valence-corrected chi connectivity index (χ1v) is 10.3. The highest BCUT2D eigenvalue weighted by molar-refractivity contribution is 7.99. The molecule has 0 bridgehead atoms. The second-order valence-corrected chi connectivity index (χ2v) is 7.53. The van der Waals surface area contributed by atoms with Crippen molar-refractivity contribution in [3.05, 3.63) is 30.1 Å². The molecule has 0 aromatic carbocycles. The van der Waals surface area contributed by atoms with Gasteiger partial charge in [0.25, 0.3) is 0 Å². The monoisotopic (exact) mass is 382 g/mol. The van der Waals surface area contributed by atoms with Gasteiger partial charge >= 0.3 is 0 Å². The predicted molar refractivity (Wildman–Crippen MR) is 107 cm³/mol. The summed E-state index contributed by atoms with van der Waals surface area (Å²) < 4.78 is 1.97. The summed E-state index contributed by atoms with van der Waals surface area (Å²) in [7, 11) is 0. The SMILES string of the molecule is CCCSc1nc(N/N=C/c2ccccn2)c2nnn(C3CCCC3)c2n1. The highest BCUT2D eigenvalue weighted by Crippen LogP contribution is 2.32. The largest absolute Gasteiger partial charge is 0.259 e. The van der Waals surface area contributed by atoms with Crippen molar-refractivity contribution in [1.29, 1.82) is 0 Å². The number of aromatic nitrogens is 6. The number of rotatable bonds is 7. The molecule has 0 saturated heterocycles. The van der Waals surface area contributed by atoms with Crippen LogP contribution in [0.1, 0.15) is 50.8 Å². The summed E-state index contributed by atoms with van der Waals surface area (Å²) in [6, 6.07) is 6.06. The van der Waals surface area contributed by atoms with Crippen molar-refractivity contribution in [2.24, 2.45) is 5.10 Å². The minimum absolute atomic E-state index is 0.374. The van der Waals surface area contributed by atoms with Gasteiger partial charge in [0.1, 0.15) is 0 Å². The van der Waals surface area contributed by atoms with Crippen molar-refractivity contribution in [3.63, 3.8) is 0 Å². The van der Waals surface area contributed by atoms with Gasteiger partial charge in [-0.15, -0.1) is 5.10 Å². The highest BCUT2D eigenvalue weighted by atomic mass is 32.2. The lowest BCUT2D eigenvalue weighted by Gasteiger charge is -2.10. The summed E-state index contributed by atoms with van der Waals surface area (Å²) in [5.41, 5.74) is 5.21. The molecule has 1 saturated carbocycles. The average Bonchev–Trinajstić information content (AvgIpc) is 3.36. The normalized spacial score (nSPS) is 15.1. The Morgan fingerprint density at radius 1 is 1.30 bits per heavy atom. The van der Waals surface area contributed by atoms with Gasteiger partial charge in [0.05, 0.1) is 18.0 Å². The van der Waals surface area contributed by atoms with Crippen LogP contribution in [0.3, 0.4) is 0 Å². The Morgan fingerprint density at radius 3 is 2.96 bits per heavy atom. The highest BCUT2D eigenvalue weighted by Gasteiger charge is 2.23. The fraction of sp³-hybridized carbons (Fsp3) is 0.444. The number of hydrogen-bond donors (Lipinski definition) is 1. The molecule has 0 aliphatic heterocycles. The fourth-order valence-electron chi connectivity index (χ4n) is 3.15. The van der Waals surface area contributed by atoms with E-state index in [0.29, 0.717) is 17.4 Å².